The molecule has 0 radical (unpaired) electrons. The van der Waals surface area contributed by atoms with Crippen molar-refractivity contribution in [2.45, 2.75) is 31.7 Å². The third-order valence-corrected chi connectivity index (χ3v) is 4.28. The van der Waals surface area contributed by atoms with Crippen LogP contribution in [0, 0.1) is 5.92 Å². The maximum Gasteiger partial charge on any atom is 0.0494 e. The molecule has 1 heterocycles. The molecule has 3 rings (SSSR count). The van der Waals surface area contributed by atoms with Crippen LogP contribution in [0.4, 0.5) is 0 Å². The molecule has 0 bridgehead atoms. The normalized spacial score (nSPS) is 21.7. The van der Waals surface area contributed by atoms with Crippen molar-refractivity contribution in [3.8, 4) is 0 Å². The second kappa shape index (κ2) is 7.21. The second-order valence-corrected chi connectivity index (χ2v) is 6.10. The zero-order valence-electron chi connectivity index (χ0n) is 12.2. The van der Waals surface area contributed by atoms with Crippen molar-refractivity contribution in [2.24, 2.45) is 5.92 Å². The molecule has 1 aromatic rings. The van der Waals surface area contributed by atoms with E-state index in [1.165, 1.54) is 24.0 Å². The van der Waals surface area contributed by atoms with Gasteiger partial charge in [0.05, 0.1) is 0 Å². The standard InChI is InChI=1S/C17H26N2O/c1-2-5-17-15(4-1)10-19-12-16(17)11-18-8-3-9-20-13-14-6-7-14/h1-2,4-5,14,16,18-19H,3,6-13H2. The lowest BCUT2D eigenvalue weighted by molar-refractivity contribution is 0.122. The van der Waals surface area contributed by atoms with E-state index in [0.29, 0.717) is 5.92 Å². The molecule has 1 fully saturated rings. The van der Waals surface area contributed by atoms with Gasteiger partial charge >= 0.3 is 0 Å². The summed E-state index contributed by atoms with van der Waals surface area (Å²) in [7, 11) is 0. The van der Waals surface area contributed by atoms with Crippen LogP contribution in [0.5, 0.6) is 0 Å². The third-order valence-electron chi connectivity index (χ3n) is 4.28. The number of hydrogen-bond acceptors (Lipinski definition) is 3. The molecule has 1 aliphatic heterocycles. The minimum Gasteiger partial charge on any atom is -0.381 e. The van der Waals surface area contributed by atoms with Gasteiger partial charge in [0.2, 0.25) is 0 Å². The summed E-state index contributed by atoms with van der Waals surface area (Å²) in [4.78, 5) is 0. The third kappa shape index (κ3) is 4.05. The van der Waals surface area contributed by atoms with E-state index in [9.17, 15) is 0 Å². The van der Waals surface area contributed by atoms with Gasteiger partial charge in [-0.05, 0) is 42.9 Å². The zero-order valence-corrected chi connectivity index (χ0v) is 12.2. The summed E-state index contributed by atoms with van der Waals surface area (Å²) < 4.78 is 5.65. The van der Waals surface area contributed by atoms with Crippen molar-refractivity contribution >= 4 is 0 Å². The summed E-state index contributed by atoms with van der Waals surface area (Å²) in [5.74, 6) is 1.49. The fourth-order valence-corrected chi connectivity index (χ4v) is 2.88. The predicted molar refractivity (Wildman–Crippen MR) is 81.9 cm³/mol. The number of ether oxygens (including phenoxy) is 1. The predicted octanol–water partition coefficient (Wildman–Crippen LogP) is 2.28. The molecule has 0 spiro atoms. The van der Waals surface area contributed by atoms with Crippen molar-refractivity contribution in [1.82, 2.24) is 10.6 Å². The average molecular weight is 274 g/mol. The monoisotopic (exact) mass is 274 g/mol. The fourth-order valence-electron chi connectivity index (χ4n) is 2.88. The van der Waals surface area contributed by atoms with Crippen LogP contribution in [0.15, 0.2) is 24.3 Å². The quantitative estimate of drug-likeness (QED) is 0.714. The zero-order chi connectivity index (χ0) is 13.6. The molecule has 0 amide bonds. The molecule has 1 aliphatic carbocycles. The van der Waals surface area contributed by atoms with Gasteiger partial charge in [0.25, 0.3) is 0 Å². The Labute approximate surface area is 122 Å². The maximum absolute atomic E-state index is 5.65. The first-order valence-corrected chi connectivity index (χ1v) is 8.00. The first-order chi connectivity index (χ1) is 9.93. The minimum absolute atomic E-state index is 0.604. The minimum atomic E-state index is 0.604. The van der Waals surface area contributed by atoms with E-state index < -0.39 is 0 Å². The fraction of sp³-hybridized carbons (Fsp3) is 0.647. The lowest BCUT2D eigenvalue weighted by Crippen LogP contribution is -2.34. The first-order valence-electron chi connectivity index (χ1n) is 8.00. The molecule has 1 saturated carbocycles. The highest BCUT2D eigenvalue weighted by molar-refractivity contribution is 5.32. The molecule has 2 aliphatic rings. The molecule has 110 valence electrons. The van der Waals surface area contributed by atoms with E-state index in [-0.39, 0.29) is 0 Å². The Hall–Kier alpha value is -0.900. The summed E-state index contributed by atoms with van der Waals surface area (Å²) in [6.07, 6.45) is 3.88. The van der Waals surface area contributed by atoms with Gasteiger partial charge in [-0.25, -0.2) is 0 Å². The van der Waals surface area contributed by atoms with E-state index >= 15 is 0 Å². The Kier molecular flexibility index (Phi) is 5.06. The van der Waals surface area contributed by atoms with E-state index in [4.69, 9.17) is 4.74 Å². The summed E-state index contributed by atoms with van der Waals surface area (Å²) in [6.45, 7) is 6.11. The summed E-state index contributed by atoms with van der Waals surface area (Å²) in [5, 5.41) is 7.09. The van der Waals surface area contributed by atoms with Crippen LogP contribution in [-0.4, -0.2) is 32.8 Å². The lowest BCUT2D eigenvalue weighted by atomic mass is 9.91. The van der Waals surface area contributed by atoms with Gasteiger partial charge in [0.15, 0.2) is 0 Å². The molecular weight excluding hydrogens is 248 g/mol. The molecule has 1 unspecified atom stereocenters. The van der Waals surface area contributed by atoms with E-state index in [1.807, 2.05) is 0 Å². The molecule has 3 heteroatoms. The van der Waals surface area contributed by atoms with Gasteiger partial charge in [0, 0.05) is 38.8 Å². The van der Waals surface area contributed by atoms with Gasteiger partial charge in [0.1, 0.15) is 0 Å². The number of benzene rings is 1. The van der Waals surface area contributed by atoms with Crippen molar-refractivity contribution in [3.63, 3.8) is 0 Å². The smallest absolute Gasteiger partial charge is 0.0494 e. The van der Waals surface area contributed by atoms with Crippen LogP contribution in [-0.2, 0) is 11.3 Å². The highest BCUT2D eigenvalue weighted by atomic mass is 16.5. The van der Waals surface area contributed by atoms with Gasteiger partial charge in [-0.2, -0.15) is 0 Å². The average Bonchev–Trinajstić information content (AvgIpc) is 3.30. The Balaban J connectivity index is 1.32. The number of rotatable bonds is 8. The summed E-state index contributed by atoms with van der Waals surface area (Å²) in [6, 6.07) is 8.80. The van der Waals surface area contributed by atoms with Gasteiger partial charge < -0.3 is 15.4 Å². The van der Waals surface area contributed by atoms with Crippen molar-refractivity contribution < 1.29 is 4.74 Å². The SMILES string of the molecule is c1ccc2c(c1)CNCC2CNCCCOCC1CC1. The lowest BCUT2D eigenvalue weighted by Gasteiger charge is -2.26. The van der Waals surface area contributed by atoms with Gasteiger partial charge in [-0.1, -0.05) is 24.3 Å². The molecule has 1 atom stereocenters. The van der Waals surface area contributed by atoms with E-state index in [1.54, 1.807) is 0 Å². The molecule has 1 aromatic carbocycles. The highest BCUT2D eigenvalue weighted by Gasteiger charge is 2.21. The largest absolute Gasteiger partial charge is 0.381 e. The molecule has 3 nitrogen and oxygen atoms in total. The topological polar surface area (TPSA) is 33.3 Å². The maximum atomic E-state index is 5.65. The second-order valence-electron chi connectivity index (χ2n) is 6.10. The van der Waals surface area contributed by atoms with Crippen LogP contribution in [0.3, 0.4) is 0 Å². The van der Waals surface area contributed by atoms with Gasteiger partial charge in [-0.3, -0.25) is 0 Å². The van der Waals surface area contributed by atoms with Crippen LogP contribution >= 0.6 is 0 Å². The number of fused-ring (bicyclic) bond motifs is 1. The van der Waals surface area contributed by atoms with E-state index in [0.717, 1.165) is 51.7 Å². The molecule has 20 heavy (non-hydrogen) atoms. The van der Waals surface area contributed by atoms with Gasteiger partial charge in [-0.15, -0.1) is 0 Å². The van der Waals surface area contributed by atoms with Crippen LogP contribution in [0.1, 0.15) is 36.3 Å². The molecule has 0 aromatic heterocycles. The van der Waals surface area contributed by atoms with Crippen LogP contribution in [0.25, 0.3) is 0 Å². The number of hydrogen-bond donors (Lipinski definition) is 2. The Morgan fingerprint density at radius 3 is 3.05 bits per heavy atom. The Morgan fingerprint density at radius 1 is 1.25 bits per heavy atom. The van der Waals surface area contributed by atoms with Crippen molar-refractivity contribution in [2.75, 3.05) is 32.8 Å². The highest BCUT2D eigenvalue weighted by Crippen LogP contribution is 2.28. The summed E-state index contributed by atoms with van der Waals surface area (Å²) >= 11 is 0. The summed E-state index contributed by atoms with van der Waals surface area (Å²) in [5.41, 5.74) is 2.97. The van der Waals surface area contributed by atoms with E-state index in [2.05, 4.69) is 34.9 Å². The van der Waals surface area contributed by atoms with Crippen LogP contribution < -0.4 is 10.6 Å². The molecule has 2 N–H and O–H groups in total. The number of nitrogens with one attached hydrogen (secondary N) is 2. The van der Waals surface area contributed by atoms with Crippen molar-refractivity contribution in [3.05, 3.63) is 35.4 Å². The Bertz CT molecular complexity index is 417. The first kappa shape index (κ1) is 14.1. The Morgan fingerprint density at radius 2 is 2.15 bits per heavy atom. The van der Waals surface area contributed by atoms with Crippen molar-refractivity contribution in [1.29, 1.82) is 0 Å². The molecular formula is C17H26N2O. The molecule has 0 saturated heterocycles. The van der Waals surface area contributed by atoms with Crippen LogP contribution in [0.2, 0.25) is 0 Å².